The van der Waals surface area contributed by atoms with E-state index in [0.29, 0.717) is 22.7 Å². The molecule has 0 bridgehead atoms. The highest BCUT2D eigenvalue weighted by Crippen LogP contribution is 2.45. The number of nitrogens with one attached hydrogen (secondary N) is 1. The first kappa shape index (κ1) is 21.6. The molecule has 164 valence electrons. The Morgan fingerprint density at radius 3 is 2.47 bits per heavy atom. The van der Waals surface area contributed by atoms with Crippen molar-refractivity contribution in [1.29, 1.82) is 0 Å². The summed E-state index contributed by atoms with van der Waals surface area (Å²) in [6, 6.07) is 14.2. The molecule has 3 N–H and O–H groups in total. The van der Waals surface area contributed by atoms with Crippen molar-refractivity contribution >= 4 is 39.9 Å². The molecule has 0 fully saturated rings. The molecule has 0 saturated carbocycles. The topological polar surface area (TPSA) is 108 Å². The quantitative estimate of drug-likeness (QED) is 0.448. The monoisotopic (exact) mass is 450 g/mol. The van der Waals surface area contributed by atoms with Gasteiger partial charge in [-0.05, 0) is 60.7 Å². The molecule has 32 heavy (non-hydrogen) atoms. The van der Waals surface area contributed by atoms with E-state index in [4.69, 9.17) is 15.2 Å². The Morgan fingerprint density at radius 2 is 1.75 bits per heavy atom. The van der Waals surface area contributed by atoms with E-state index in [1.165, 1.54) is 43.1 Å². The fraction of sp³-hybridized carbons (Fsp3) is 0.208. The summed E-state index contributed by atoms with van der Waals surface area (Å²) >= 11 is 1.32. The van der Waals surface area contributed by atoms with Crippen LogP contribution in [0.5, 0.6) is 0 Å². The number of fused-ring (bicyclic) bond motifs is 3. The summed E-state index contributed by atoms with van der Waals surface area (Å²) in [6.45, 7) is 1.48. The van der Waals surface area contributed by atoms with Crippen LogP contribution in [0, 0.1) is 0 Å². The minimum atomic E-state index is -1.07. The number of nitrogen functional groups attached to an aromatic ring is 1. The Morgan fingerprint density at radius 1 is 1.03 bits per heavy atom. The van der Waals surface area contributed by atoms with E-state index in [-0.39, 0.29) is 5.56 Å². The Balaban J connectivity index is 1.58. The second-order valence-electron chi connectivity index (χ2n) is 7.42. The van der Waals surface area contributed by atoms with Gasteiger partial charge in [0.25, 0.3) is 5.91 Å². The summed E-state index contributed by atoms with van der Waals surface area (Å²) in [5.74, 6) is -1.69. The van der Waals surface area contributed by atoms with Crippen molar-refractivity contribution < 1.29 is 23.9 Å². The molecule has 0 aliphatic heterocycles. The summed E-state index contributed by atoms with van der Waals surface area (Å²) < 4.78 is 10.3. The molecule has 4 rings (SSSR count). The van der Waals surface area contributed by atoms with Crippen LogP contribution in [-0.2, 0) is 27.1 Å². The average molecular weight is 451 g/mol. The van der Waals surface area contributed by atoms with Crippen molar-refractivity contribution in [3.05, 3.63) is 70.8 Å². The van der Waals surface area contributed by atoms with Crippen molar-refractivity contribution in [2.24, 2.45) is 0 Å². The van der Waals surface area contributed by atoms with Crippen LogP contribution in [0.15, 0.2) is 48.5 Å². The number of hydrogen-bond acceptors (Lipinski definition) is 7. The first-order chi connectivity index (χ1) is 15.4. The van der Waals surface area contributed by atoms with Crippen molar-refractivity contribution in [2.45, 2.75) is 25.9 Å². The molecule has 1 aliphatic carbocycles. The molecule has 1 heterocycles. The maximum absolute atomic E-state index is 12.8. The molecule has 1 amide bonds. The number of ether oxygens (including phenoxy) is 2. The molecule has 1 aliphatic rings. The average Bonchev–Trinajstić information content (AvgIpc) is 3.17. The number of esters is 2. The van der Waals surface area contributed by atoms with Crippen LogP contribution in [0.4, 0.5) is 10.7 Å². The van der Waals surface area contributed by atoms with Gasteiger partial charge in [0.1, 0.15) is 5.00 Å². The number of rotatable bonds is 5. The Hall–Kier alpha value is -3.65. The number of aryl methyl sites for hydroxylation is 1. The number of hydrogen-bond donors (Lipinski definition) is 2. The van der Waals surface area contributed by atoms with E-state index in [2.05, 4.69) is 11.4 Å². The predicted octanol–water partition coefficient (Wildman–Crippen LogP) is 4.07. The van der Waals surface area contributed by atoms with Gasteiger partial charge in [0.05, 0.1) is 18.2 Å². The molecule has 3 aromatic rings. The molecule has 1 atom stereocenters. The van der Waals surface area contributed by atoms with Crippen LogP contribution in [-0.4, -0.2) is 31.1 Å². The molecule has 0 radical (unpaired) electrons. The summed E-state index contributed by atoms with van der Waals surface area (Å²) in [7, 11) is 1.31. The van der Waals surface area contributed by atoms with Crippen LogP contribution in [0.1, 0.15) is 38.8 Å². The number of thiophene rings is 1. The molecule has 1 aromatic heterocycles. The number of amides is 1. The smallest absolute Gasteiger partial charge is 0.341 e. The Labute approximate surface area is 189 Å². The molecular formula is C24H22N2O5S. The largest absolute Gasteiger partial charge is 0.465 e. The molecular weight excluding hydrogens is 428 g/mol. The summed E-state index contributed by atoms with van der Waals surface area (Å²) in [5, 5.41) is 3.15. The number of anilines is 2. The lowest BCUT2D eigenvalue weighted by Crippen LogP contribution is -2.30. The summed E-state index contributed by atoms with van der Waals surface area (Å²) in [4.78, 5) is 38.6. The number of carbonyl (C=O) groups excluding carboxylic acids is 3. The number of methoxy groups -OCH3 is 1. The third kappa shape index (κ3) is 4.09. The van der Waals surface area contributed by atoms with Gasteiger partial charge in [0, 0.05) is 10.6 Å². The van der Waals surface area contributed by atoms with Gasteiger partial charge in [-0.25, -0.2) is 9.59 Å². The van der Waals surface area contributed by atoms with Gasteiger partial charge >= 0.3 is 11.9 Å². The van der Waals surface area contributed by atoms with Gasteiger partial charge in [-0.15, -0.1) is 11.3 Å². The van der Waals surface area contributed by atoms with Gasteiger partial charge in [0.15, 0.2) is 6.10 Å². The van der Waals surface area contributed by atoms with E-state index in [1.54, 1.807) is 12.1 Å². The molecule has 2 aromatic carbocycles. The van der Waals surface area contributed by atoms with Crippen LogP contribution in [0.2, 0.25) is 0 Å². The van der Waals surface area contributed by atoms with Crippen LogP contribution < -0.4 is 11.1 Å². The normalized spacial score (nSPS) is 12.8. The van der Waals surface area contributed by atoms with Gasteiger partial charge in [-0.3, -0.25) is 4.79 Å². The van der Waals surface area contributed by atoms with E-state index in [9.17, 15) is 14.4 Å². The first-order valence-corrected chi connectivity index (χ1v) is 10.9. The molecule has 1 unspecified atom stereocenters. The van der Waals surface area contributed by atoms with Crippen molar-refractivity contribution in [3.63, 3.8) is 0 Å². The third-order valence-electron chi connectivity index (χ3n) is 5.34. The van der Waals surface area contributed by atoms with E-state index in [0.717, 1.165) is 22.4 Å². The molecule has 0 saturated heterocycles. The lowest BCUT2D eigenvalue weighted by molar-refractivity contribution is -0.123. The first-order valence-electron chi connectivity index (χ1n) is 10.1. The zero-order valence-electron chi connectivity index (χ0n) is 17.6. The Kier molecular flexibility index (Phi) is 5.96. The summed E-state index contributed by atoms with van der Waals surface area (Å²) in [5.41, 5.74) is 9.90. The lowest BCUT2D eigenvalue weighted by atomic mass is 9.89. The maximum atomic E-state index is 12.8. The highest BCUT2D eigenvalue weighted by atomic mass is 32.1. The van der Waals surface area contributed by atoms with Gasteiger partial charge < -0.3 is 20.5 Å². The minimum Gasteiger partial charge on any atom is -0.465 e. The SMILES string of the molecule is COC(=O)c1c(NC(=O)C(C)OC(=O)c2ccc(N)cc2)sc2c1CCc1ccccc1-2. The molecule has 0 spiro atoms. The zero-order chi connectivity index (χ0) is 22.8. The van der Waals surface area contributed by atoms with Crippen LogP contribution in [0.25, 0.3) is 10.4 Å². The maximum Gasteiger partial charge on any atom is 0.341 e. The second-order valence-corrected chi connectivity index (χ2v) is 8.44. The highest BCUT2D eigenvalue weighted by Gasteiger charge is 2.30. The Bertz CT molecular complexity index is 1200. The standard InChI is InChI=1S/C24H22N2O5S/c1-13(31-23(28)15-7-10-16(25)11-8-15)21(27)26-22-19(24(29)30-2)18-12-9-14-5-3-4-6-17(14)20(18)32-22/h3-8,10-11,13H,9,12,25H2,1-2H3,(H,26,27). The van der Waals surface area contributed by atoms with Crippen LogP contribution in [0.3, 0.4) is 0 Å². The predicted molar refractivity (Wildman–Crippen MR) is 123 cm³/mol. The number of nitrogens with two attached hydrogens (primary N) is 1. The van der Waals surface area contributed by atoms with Crippen molar-refractivity contribution in [3.8, 4) is 10.4 Å². The van der Waals surface area contributed by atoms with Gasteiger partial charge in [0.2, 0.25) is 0 Å². The fourth-order valence-corrected chi connectivity index (χ4v) is 4.96. The molecule has 7 nitrogen and oxygen atoms in total. The van der Waals surface area contributed by atoms with Crippen molar-refractivity contribution in [2.75, 3.05) is 18.2 Å². The lowest BCUT2D eigenvalue weighted by Gasteiger charge is -2.16. The van der Waals surface area contributed by atoms with E-state index >= 15 is 0 Å². The van der Waals surface area contributed by atoms with Gasteiger partial charge in [-0.2, -0.15) is 0 Å². The zero-order valence-corrected chi connectivity index (χ0v) is 18.5. The second kappa shape index (κ2) is 8.84. The van der Waals surface area contributed by atoms with Crippen LogP contribution >= 0.6 is 11.3 Å². The van der Waals surface area contributed by atoms with Gasteiger partial charge in [-0.1, -0.05) is 24.3 Å². The van der Waals surface area contributed by atoms with E-state index < -0.39 is 23.9 Å². The van der Waals surface area contributed by atoms with Crippen molar-refractivity contribution in [1.82, 2.24) is 0 Å². The van der Waals surface area contributed by atoms with E-state index in [1.807, 2.05) is 18.2 Å². The highest BCUT2D eigenvalue weighted by molar-refractivity contribution is 7.20. The number of benzene rings is 2. The summed E-state index contributed by atoms with van der Waals surface area (Å²) in [6.07, 6.45) is 0.398. The fourth-order valence-electron chi connectivity index (χ4n) is 3.66. The molecule has 8 heteroatoms. The number of carbonyl (C=O) groups is 3. The minimum absolute atomic E-state index is 0.289. The third-order valence-corrected chi connectivity index (χ3v) is 6.52.